The van der Waals surface area contributed by atoms with Crippen LogP contribution in [0.2, 0.25) is 0 Å². The summed E-state index contributed by atoms with van der Waals surface area (Å²) in [6.07, 6.45) is 5.79. The van der Waals surface area contributed by atoms with Gasteiger partial charge in [0.25, 0.3) is 0 Å². The van der Waals surface area contributed by atoms with Crippen molar-refractivity contribution in [3.05, 3.63) is 24.2 Å². The van der Waals surface area contributed by atoms with Gasteiger partial charge in [0.05, 0.1) is 12.9 Å². The zero-order chi connectivity index (χ0) is 16.2. The second kappa shape index (κ2) is 11.1. The van der Waals surface area contributed by atoms with Gasteiger partial charge in [0.2, 0.25) is 0 Å². The molecule has 0 bridgehead atoms. The molecule has 1 fully saturated rings. The fourth-order valence-electron chi connectivity index (χ4n) is 2.46. The predicted octanol–water partition coefficient (Wildman–Crippen LogP) is 1.82. The summed E-state index contributed by atoms with van der Waals surface area (Å²) < 4.78 is 15.8. The largest absolute Gasteiger partial charge is 0.469 e. The normalized spacial score (nSPS) is 18.3. The minimum Gasteiger partial charge on any atom is -0.469 e. The van der Waals surface area contributed by atoms with Crippen LogP contribution in [0.25, 0.3) is 0 Å². The summed E-state index contributed by atoms with van der Waals surface area (Å²) in [5, 5.41) is 6.77. The summed E-state index contributed by atoms with van der Waals surface area (Å²) in [5.74, 6) is 2.41. The number of nitrogens with zero attached hydrogens (tertiary/aromatic N) is 1. The van der Waals surface area contributed by atoms with Gasteiger partial charge in [-0.25, -0.2) is 0 Å². The molecule has 130 valence electrons. The van der Waals surface area contributed by atoms with E-state index in [1.807, 2.05) is 12.1 Å². The van der Waals surface area contributed by atoms with E-state index in [9.17, 15) is 0 Å². The molecular formula is C17H29N3O3. The van der Waals surface area contributed by atoms with Crippen LogP contribution in [0.4, 0.5) is 0 Å². The molecule has 6 nitrogen and oxygen atoms in total. The summed E-state index contributed by atoms with van der Waals surface area (Å²) >= 11 is 0. The Kier molecular flexibility index (Phi) is 8.58. The van der Waals surface area contributed by atoms with Crippen molar-refractivity contribution in [1.82, 2.24) is 10.6 Å². The molecule has 0 aliphatic carbocycles. The first-order valence-electron chi connectivity index (χ1n) is 8.49. The lowest BCUT2D eigenvalue weighted by molar-refractivity contribution is 0.187. The summed E-state index contributed by atoms with van der Waals surface area (Å²) in [6, 6.07) is 3.91. The van der Waals surface area contributed by atoms with E-state index >= 15 is 0 Å². The molecular weight excluding hydrogens is 294 g/mol. The van der Waals surface area contributed by atoms with E-state index in [1.165, 1.54) is 0 Å². The van der Waals surface area contributed by atoms with Crippen molar-refractivity contribution in [3.63, 3.8) is 0 Å². The molecule has 1 aliphatic rings. The van der Waals surface area contributed by atoms with Gasteiger partial charge < -0.3 is 24.5 Å². The topological polar surface area (TPSA) is 68.0 Å². The Labute approximate surface area is 138 Å². The molecule has 1 aromatic rings. The van der Waals surface area contributed by atoms with Crippen LogP contribution in [0.3, 0.4) is 0 Å². The number of rotatable bonds is 10. The monoisotopic (exact) mass is 323 g/mol. The second-order valence-corrected chi connectivity index (χ2v) is 5.80. The summed E-state index contributed by atoms with van der Waals surface area (Å²) in [5.41, 5.74) is 0. The van der Waals surface area contributed by atoms with E-state index in [1.54, 1.807) is 13.4 Å². The molecule has 0 saturated carbocycles. The minimum atomic E-state index is 0.548. The van der Waals surface area contributed by atoms with Gasteiger partial charge in [-0.3, -0.25) is 4.99 Å². The van der Waals surface area contributed by atoms with Crippen LogP contribution >= 0.6 is 0 Å². The van der Waals surface area contributed by atoms with Crippen LogP contribution in [-0.4, -0.2) is 52.5 Å². The maximum Gasteiger partial charge on any atom is 0.191 e. The number of furan rings is 1. The first kappa shape index (κ1) is 17.8. The third-order valence-electron chi connectivity index (χ3n) is 3.84. The van der Waals surface area contributed by atoms with Gasteiger partial charge in [0.15, 0.2) is 5.96 Å². The Bertz CT molecular complexity index is 428. The van der Waals surface area contributed by atoms with Crippen LogP contribution in [0.15, 0.2) is 27.8 Å². The molecule has 1 aromatic heterocycles. The van der Waals surface area contributed by atoms with Crippen molar-refractivity contribution in [2.24, 2.45) is 10.9 Å². The van der Waals surface area contributed by atoms with E-state index < -0.39 is 0 Å². The van der Waals surface area contributed by atoms with Gasteiger partial charge in [-0.05, 0) is 31.4 Å². The lowest BCUT2D eigenvalue weighted by Crippen LogP contribution is -2.39. The highest BCUT2D eigenvalue weighted by Gasteiger charge is 2.15. The van der Waals surface area contributed by atoms with Crippen molar-refractivity contribution in [1.29, 1.82) is 0 Å². The molecule has 1 unspecified atom stereocenters. The zero-order valence-electron chi connectivity index (χ0n) is 14.1. The van der Waals surface area contributed by atoms with Crippen molar-refractivity contribution in [2.45, 2.75) is 25.7 Å². The molecule has 23 heavy (non-hydrogen) atoms. The molecule has 1 atom stereocenters. The number of methoxy groups -OCH3 is 1. The Morgan fingerprint density at radius 1 is 1.35 bits per heavy atom. The minimum absolute atomic E-state index is 0.548. The Hall–Kier alpha value is -1.53. The summed E-state index contributed by atoms with van der Waals surface area (Å²) in [6.45, 7) is 5.02. The standard InChI is InChI=1S/C17H29N3O3/c1-21-10-3-2-8-18-17(20-13-15-7-12-22-14-15)19-9-6-16-5-4-11-23-16/h4-5,11,15H,2-3,6-10,12-14H2,1H3,(H2,18,19,20). The average molecular weight is 323 g/mol. The van der Waals surface area contributed by atoms with Crippen LogP contribution in [0.1, 0.15) is 25.0 Å². The molecule has 2 heterocycles. The van der Waals surface area contributed by atoms with E-state index in [0.29, 0.717) is 5.92 Å². The van der Waals surface area contributed by atoms with E-state index in [0.717, 1.165) is 76.9 Å². The number of guanidine groups is 1. The van der Waals surface area contributed by atoms with E-state index in [4.69, 9.17) is 18.9 Å². The summed E-state index contributed by atoms with van der Waals surface area (Å²) in [4.78, 5) is 4.69. The number of aliphatic imine (C=N–C) groups is 1. The number of nitrogens with one attached hydrogen (secondary N) is 2. The van der Waals surface area contributed by atoms with Gasteiger partial charge in [-0.2, -0.15) is 0 Å². The van der Waals surface area contributed by atoms with Crippen LogP contribution in [0.5, 0.6) is 0 Å². The lowest BCUT2D eigenvalue weighted by Gasteiger charge is -2.13. The van der Waals surface area contributed by atoms with Crippen molar-refractivity contribution >= 4 is 5.96 Å². The van der Waals surface area contributed by atoms with Crippen molar-refractivity contribution < 1.29 is 13.9 Å². The van der Waals surface area contributed by atoms with Crippen LogP contribution < -0.4 is 10.6 Å². The highest BCUT2D eigenvalue weighted by atomic mass is 16.5. The Balaban J connectivity index is 1.71. The van der Waals surface area contributed by atoms with Crippen molar-refractivity contribution in [2.75, 3.05) is 46.6 Å². The maximum atomic E-state index is 5.41. The second-order valence-electron chi connectivity index (χ2n) is 5.80. The number of unbranched alkanes of at least 4 members (excludes halogenated alkanes) is 1. The molecule has 1 saturated heterocycles. The van der Waals surface area contributed by atoms with Crippen LogP contribution in [0, 0.1) is 5.92 Å². The SMILES string of the molecule is COCCCCNC(=NCC1CCOC1)NCCc1ccco1. The van der Waals surface area contributed by atoms with Crippen molar-refractivity contribution in [3.8, 4) is 0 Å². The fourth-order valence-corrected chi connectivity index (χ4v) is 2.46. The summed E-state index contributed by atoms with van der Waals surface area (Å²) in [7, 11) is 1.74. The fraction of sp³-hybridized carbons (Fsp3) is 0.706. The molecule has 0 aromatic carbocycles. The molecule has 2 rings (SSSR count). The predicted molar refractivity (Wildman–Crippen MR) is 90.8 cm³/mol. The quantitative estimate of drug-likeness (QED) is 0.390. The van der Waals surface area contributed by atoms with Crippen LogP contribution in [-0.2, 0) is 15.9 Å². The molecule has 0 amide bonds. The Morgan fingerprint density at radius 3 is 3.00 bits per heavy atom. The first-order valence-corrected chi connectivity index (χ1v) is 8.49. The van der Waals surface area contributed by atoms with E-state index in [2.05, 4.69) is 10.6 Å². The van der Waals surface area contributed by atoms with Gasteiger partial charge in [0, 0.05) is 52.3 Å². The smallest absolute Gasteiger partial charge is 0.191 e. The maximum absolute atomic E-state index is 5.41. The number of hydrogen-bond acceptors (Lipinski definition) is 4. The van der Waals surface area contributed by atoms with Gasteiger partial charge in [-0.15, -0.1) is 0 Å². The number of ether oxygens (including phenoxy) is 2. The van der Waals surface area contributed by atoms with Gasteiger partial charge in [0.1, 0.15) is 5.76 Å². The molecule has 2 N–H and O–H groups in total. The lowest BCUT2D eigenvalue weighted by atomic mass is 10.1. The highest BCUT2D eigenvalue weighted by Crippen LogP contribution is 2.12. The third-order valence-corrected chi connectivity index (χ3v) is 3.84. The number of hydrogen-bond donors (Lipinski definition) is 2. The zero-order valence-corrected chi connectivity index (χ0v) is 14.1. The average Bonchev–Trinajstić information content (AvgIpc) is 3.25. The molecule has 6 heteroatoms. The van der Waals surface area contributed by atoms with Gasteiger partial charge in [-0.1, -0.05) is 0 Å². The molecule has 0 radical (unpaired) electrons. The first-order chi connectivity index (χ1) is 11.4. The van der Waals surface area contributed by atoms with Gasteiger partial charge >= 0.3 is 0 Å². The highest BCUT2D eigenvalue weighted by molar-refractivity contribution is 5.79. The molecule has 0 spiro atoms. The van der Waals surface area contributed by atoms with E-state index in [-0.39, 0.29) is 0 Å². The third kappa shape index (κ3) is 7.52. The Morgan fingerprint density at radius 2 is 2.26 bits per heavy atom. The molecule has 1 aliphatic heterocycles.